The number of carbonyl (C=O) groups excluding carboxylic acids is 2. The molecule has 160 valence electrons. The molecule has 0 aromatic heterocycles. The Kier molecular flexibility index (Phi) is 5.84. The highest BCUT2D eigenvalue weighted by atomic mass is 35.5. The van der Waals surface area contributed by atoms with Crippen LogP contribution < -0.4 is 16.0 Å². The molecule has 2 spiro atoms. The molecule has 1 aromatic carbocycles. The zero-order valence-electron chi connectivity index (χ0n) is 16.8. The second-order valence-corrected chi connectivity index (χ2v) is 9.04. The van der Waals surface area contributed by atoms with Gasteiger partial charge in [-0.3, -0.25) is 9.59 Å². The summed E-state index contributed by atoms with van der Waals surface area (Å²) in [4.78, 5) is 28.1. The summed E-state index contributed by atoms with van der Waals surface area (Å²) < 4.78 is 0. The zero-order valence-corrected chi connectivity index (χ0v) is 18.4. The molecule has 29 heavy (non-hydrogen) atoms. The van der Waals surface area contributed by atoms with Gasteiger partial charge < -0.3 is 20.9 Å². The molecule has 3 N–H and O–H groups in total. The van der Waals surface area contributed by atoms with Crippen LogP contribution in [0.1, 0.15) is 39.0 Å². The van der Waals surface area contributed by atoms with Gasteiger partial charge >= 0.3 is 0 Å². The number of benzene rings is 1. The Morgan fingerprint density at radius 2 is 1.62 bits per heavy atom. The molecule has 0 bridgehead atoms. The number of nitrogens with zero attached hydrogens (tertiary/aromatic N) is 1. The van der Waals surface area contributed by atoms with Crippen LogP contribution in [0.15, 0.2) is 24.3 Å². The van der Waals surface area contributed by atoms with Gasteiger partial charge in [0.25, 0.3) is 0 Å². The molecule has 1 atom stereocenters. The van der Waals surface area contributed by atoms with Crippen molar-refractivity contribution < 1.29 is 9.59 Å². The maximum atomic E-state index is 13.3. The second kappa shape index (κ2) is 7.64. The van der Waals surface area contributed by atoms with Gasteiger partial charge in [-0.1, -0.05) is 19.1 Å². The van der Waals surface area contributed by atoms with Crippen molar-refractivity contribution in [2.45, 2.75) is 44.6 Å². The Bertz CT molecular complexity index is 804. The Labute approximate surface area is 184 Å². The van der Waals surface area contributed by atoms with Gasteiger partial charge in [-0.15, -0.1) is 24.8 Å². The topological polar surface area (TPSA) is 73.5 Å². The molecule has 1 saturated carbocycles. The van der Waals surface area contributed by atoms with Gasteiger partial charge in [-0.2, -0.15) is 0 Å². The fourth-order valence-electron chi connectivity index (χ4n) is 5.62. The van der Waals surface area contributed by atoms with E-state index in [9.17, 15) is 9.59 Å². The number of para-hydroxylation sites is 2. The largest absolute Gasteiger partial charge is 0.369 e. The molecule has 0 radical (unpaired) electrons. The molecular formula is C21H30Cl2N4O2. The minimum absolute atomic E-state index is 0. The molecule has 5 rings (SSSR count). The minimum atomic E-state index is -0.595. The van der Waals surface area contributed by atoms with Crippen molar-refractivity contribution in [2.75, 3.05) is 36.8 Å². The fourth-order valence-corrected chi connectivity index (χ4v) is 5.62. The van der Waals surface area contributed by atoms with Gasteiger partial charge in [-0.25, -0.2) is 0 Å². The van der Waals surface area contributed by atoms with E-state index in [1.54, 1.807) is 0 Å². The van der Waals surface area contributed by atoms with Crippen molar-refractivity contribution in [3.8, 4) is 0 Å². The minimum Gasteiger partial charge on any atom is -0.369 e. The average molecular weight is 441 g/mol. The summed E-state index contributed by atoms with van der Waals surface area (Å²) in [5, 5.41) is 9.93. The summed E-state index contributed by atoms with van der Waals surface area (Å²) in [6.07, 6.45) is 4.54. The van der Waals surface area contributed by atoms with E-state index in [0.717, 1.165) is 43.7 Å². The molecule has 1 unspecified atom stereocenters. The van der Waals surface area contributed by atoms with Crippen LogP contribution in [0, 0.1) is 10.8 Å². The van der Waals surface area contributed by atoms with Crippen molar-refractivity contribution in [3.63, 3.8) is 0 Å². The van der Waals surface area contributed by atoms with Crippen LogP contribution in [-0.4, -0.2) is 48.4 Å². The van der Waals surface area contributed by atoms with E-state index in [-0.39, 0.29) is 41.6 Å². The molecular weight excluding hydrogens is 411 g/mol. The normalized spacial score (nSPS) is 28.3. The summed E-state index contributed by atoms with van der Waals surface area (Å²) in [5.74, 6) is 0.330. The smallest absolute Gasteiger partial charge is 0.250 e. The predicted octanol–water partition coefficient (Wildman–Crippen LogP) is 3.04. The van der Waals surface area contributed by atoms with E-state index in [1.165, 1.54) is 0 Å². The molecule has 6 nitrogen and oxygen atoms in total. The number of rotatable bonds is 1. The van der Waals surface area contributed by atoms with Crippen LogP contribution in [0.5, 0.6) is 0 Å². The molecule has 1 aliphatic carbocycles. The highest BCUT2D eigenvalue weighted by Gasteiger charge is 2.68. The first kappa shape index (κ1) is 22.2. The molecule has 3 fully saturated rings. The molecule has 8 heteroatoms. The van der Waals surface area contributed by atoms with Gasteiger partial charge in [0.05, 0.1) is 16.8 Å². The van der Waals surface area contributed by atoms with E-state index in [0.29, 0.717) is 31.8 Å². The monoisotopic (exact) mass is 440 g/mol. The quantitative estimate of drug-likeness (QED) is 0.627. The van der Waals surface area contributed by atoms with Gasteiger partial charge in [0.15, 0.2) is 0 Å². The SMILES string of the molecule is CC1(C(=O)N2CCC3(CC2)Nc2ccccc2NC3=O)CC12CCNCC2.Cl.Cl. The Balaban J connectivity index is 0.00000120. The number of carbonyl (C=O) groups is 2. The first-order valence-corrected chi connectivity index (χ1v) is 10.2. The number of nitrogens with one attached hydrogen (secondary N) is 3. The Morgan fingerprint density at radius 1 is 1.00 bits per heavy atom. The van der Waals surface area contributed by atoms with Crippen LogP contribution in [0.25, 0.3) is 0 Å². The van der Waals surface area contributed by atoms with Crippen LogP contribution >= 0.6 is 24.8 Å². The van der Waals surface area contributed by atoms with Crippen LogP contribution in [0.3, 0.4) is 0 Å². The first-order chi connectivity index (χ1) is 13.0. The summed E-state index contributed by atoms with van der Waals surface area (Å²) >= 11 is 0. The second-order valence-electron chi connectivity index (χ2n) is 9.04. The van der Waals surface area contributed by atoms with Crippen molar-refractivity contribution in [1.29, 1.82) is 0 Å². The van der Waals surface area contributed by atoms with Crippen molar-refractivity contribution >= 4 is 48.0 Å². The number of fused-ring (bicyclic) bond motifs is 1. The lowest BCUT2D eigenvalue weighted by molar-refractivity contribution is -0.141. The lowest BCUT2D eigenvalue weighted by atomic mass is 9.82. The summed E-state index contributed by atoms with van der Waals surface area (Å²) in [5.41, 5.74) is 1.23. The van der Waals surface area contributed by atoms with Gasteiger partial charge in [0.1, 0.15) is 5.54 Å². The number of hydrogen-bond acceptors (Lipinski definition) is 4. The number of likely N-dealkylation sites (tertiary alicyclic amines) is 1. The number of hydrogen-bond donors (Lipinski definition) is 3. The van der Waals surface area contributed by atoms with E-state index in [2.05, 4.69) is 22.9 Å². The van der Waals surface area contributed by atoms with Gasteiger partial charge in [0, 0.05) is 13.1 Å². The molecule has 1 aromatic rings. The summed E-state index contributed by atoms with van der Waals surface area (Å²) in [7, 11) is 0. The average Bonchev–Trinajstić information content (AvgIpc) is 3.27. The summed E-state index contributed by atoms with van der Waals surface area (Å²) in [6, 6.07) is 7.81. The molecule has 4 aliphatic rings. The number of anilines is 2. The maximum Gasteiger partial charge on any atom is 0.250 e. The molecule has 3 aliphatic heterocycles. The van der Waals surface area contributed by atoms with Crippen LogP contribution in [0.4, 0.5) is 11.4 Å². The summed E-state index contributed by atoms with van der Waals surface area (Å²) in [6.45, 7) is 5.49. The number of piperidine rings is 2. The fraction of sp³-hybridized carbons (Fsp3) is 0.619. The maximum absolute atomic E-state index is 13.3. The van der Waals surface area contributed by atoms with Crippen LogP contribution in [0.2, 0.25) is 0 Å². The lowest BCUT2D eigenvalue weighted by Crippen LogP contribution is -2.59. The third-order valence-electron chi connectivity index (χ3n) is 7.66. The Morgan fingerprint density at radius 3 is 2.28 bits per heavy atom. The third-order valence-corrected chi connectivity index (χ3v) is 7.66. The molecule has 2 saturated heterocycles. The highest BCUT2D eigenvalue weighted by molar-refractivity contribution is 6.06. The standard InChI is InChI=1S/C21H28N4O2.2ClH/c1-19(14-20(19)6-10-22-11-7-20)18(27)25-12-8-21(9-13-25)17(26)23-15-4-2-3-5-16(15)24-21;;/h2-5,22,24H,6-14H2,1H3,(H,23,26);2*1H. The van der Waals surface area contributed by atoms with E-state index < -0.39 is 5.54 Å². The van der Waals surface area contributed by atoms with E-state index in [4.69, 9.17) is 0 Å². The van der Waals surface area contributed by atoms with E-state index in [1.807, 2.05) is 29.2 Å². The van der Waals surface area contributed by atoms with Crippen LogP contribution in [-0.2, 0) is 9.59 Å². The van der Waals surface area contributed by atoms with Gasteiger partial charge in [-0.05, 0) is 62.7 Å². The van der Waals surface area contributed by atoms with Crippen molar-refractivity contribution in [3.05, 3.63) is 24.3 Å². The molecule has 3 heterocycles. The molecule has 2 amide bonds. The first-order valence-electron chi connectivity index (χ1n) is 10.2. The number of halogens is 2. The van der Waals surface area contributed by atoms with Gasteiger partial charge in [0.2, 0.25) is 11.8 Å². The van der Waals surface area contributed by atoms with Crippen molar-refractivity contribution in [1.82, 2.24) is 10.2 Å². The Hall–Kier alpha value is -1.50. The number of amides is 2. The van der Waals surface area contributed by atoms with Crippen molar-refractivity contribution in [2.24, 2.45) is 10.8 Å². The van der Waals surface area contributed by atoms with E-state index >= 15 is 0 Å². The highest BCUT2D eigenvalue weighted by Crippen LogP contribution is 2.69. The third kappa shape index (κ3) is 3.29. The zero-order chi connectivity index (χ0) is 18.7. The predicted molar refractivity (Wildman–Crippen MR) is 119 cm³/mol. The lowest BCUT2D eigenvalue weighted by Gasteiger charge is -2.45.